The van der Waals surface area contributed by atoms with Crippen molar-refractivity contribution in [2.45, 2.75) is 32.5 Å². The van der Waals surface area contributed by atoms with Crippen LogP contribution >= 0.6 is 0 Å². The Labute approximate surface area is 148 Å². The Bertz CT molecular complexity index is 730. The lowest BCUT2D eigenvalue weighted by atomic mass is 10.2. The molecule has 1 unspecified atom stereocenters. The lowest BCUT2D eigenvalue weighted by molar-refractivity contribution is 0.171. The van der Waals surface area contributed by atoms with Gasteiger partial charge in [0.2, 0.25) is 5.89 Å². The van der Waals surface area contributed by atoms with Gasteiger partial charge in [-0.05, 0) is 38.1 Å². The van der Waals surface area contributed by atoms with E-state index in [0.717, 1.165) is 49.3 Å². The van der Waals surface area contributed by atoms with Gasteiger partial charge in [0.1, 0.15) is 19.0 Å². The SMILES string of the molecule is Cc1cnc(CN(C)C2CCN(Cc3ccc4c(c3)OCCO4)C2)o1. The van der Waals surface area contributed by atoms with E-state index in [-0.39, 0.29) is 0 Å². The Morgan fingerprint density at radius 3 is 2.88 bits per heavy atom. The first-order chi connectivity index (χ1) is 12.2. The fourth-order valence-corrected chi connectivity index (χ4v) is 3.58. The van der Waals surface area contributed by atoms with Gasteiger partial charge in [-0.3, -0.25) is 9.80 Å². The average Bonchev–Trinajstić information content (AvgIpc) is 3.24. The van der Waals surface area contributed by atoms with Crippen molar-refractivity contribution in [2.75, 3.05) is 33.4 Å². The highest BCUT2D eigenvalue weighted by molar-refractivity contribution is 5.43. The van der Waals surface area contributed by atoms with Crippen LogP contribution in [0.4, 0.5) is 0 Å². The molecule has 1 fully saturated rings. The number of benzene rings is 1. The first-order valence-corrected chi connectivity index (χ1v) is 8.90. The van der Waals surface area contributed by atoms with Crippen LogP contribution < -0.4 is 9.47 Å². The van der Waals surface area contributed by atoms with Crippen molar-refractivity contribution in [3.05, 3.63) is 41.6 Å². The number of fused-ring (bicyclic) bond motifs is 1. The fraction of sp³-hybridized carbons (Fsp3) is 0.526. The molecule has 25 heavy (non-hydrogen) atoms. The first-order valence-electron chi connectivity index (χ1n) is 8.90. The van der Waals surface area contributed by atoms with Crippen LogP contribution in [0.3, 0.4) is 0 Å². The summed E-state index contributed by atoms with van der Waals surface area (Å²) in [5.74, 6) is 3.39. The van der Waals surface area contributed by atoms with E-state index in [1.807, 2.05) is 13.0 Å². The molecule has 3 heterocycles. The van der Waals surface area contributed by atoms with Crippen molar-refractivity contribution in [3.63, 3.8) is 0 Å². The highest BCUT2D eigenvalue weighted by atomic mass is 16.6. The van der Waals surface area contributed by atoms with E-state index in [9.17, 15) is 0 Å². The molecular formula is C19H25N3O3. The third-order valence-electron chi connectivity index (χ3n) is 4.94. The standard InChI is InChI=1S/C19H25N3O3/c1-14-10-20-19(25-14)13-21(2)16-5-6-22(12-16)11-15-3-4-17-18(9-15)24-8-7-23-17/h3-4,9-10,16H,5-8,11-13H2,1-2H3. The van der Waals surface area contributed by atoms with E-state index in [1.165, 1.54) is 12.0 Å². The molecule has 0 N–H and O–H groups in total. The minimum Gasteiger partial charge on any atom is -0.486 e. The fourth-order valence-electron chi connectivity index (χ4n) is 3.58. The molecule has 6 nitrogen and oxygen atoms in total. The number of rotatable bonds is 5. The van der Waals surface area contributed by atoms with Crippen LogP contribution in [0.1, 0.15) is 23.6 Å². The molecule has 0 spiro atoms. The van der Waals surface area contributed by atoms with Gasteiger partial charge in [-0.2, -0.15) is 0 Å². The molecule has 1 saturated heterocycles. The maximum atomic E-state index is 5.69. The van der Waals surface area contributed by atoms with E-state index in [4.69, 9.17) is 13.9 Å². The van der Waals surface area contributed by atoms with Gasteiger partial charge in [-0.1, -0.05) is 6.07 Å². The minimum atomic E-state index is 0.532. The molecule has 1 atom stereocenters. The molecule has 0 bridgehead atoms. The molecule has 2 aromatic rings. The normalized spacial score (nSPS) is 20.4. The number of likely N-dealkylation sites (N-methyl/N-ethyl adjacent to an activating group) is 1. The van der Waals surface area contributed by atoms with Gasteiger partial charge in [0.15, 0.2) is 11.5 Å². The van der Waals surface area contributed by atoms with E-state index in [2.05, 4.69) is 34.0 Å². The molecule has 2 aliphatic rings. The zero-order valence-corrected chi connectivity index (χ0v) is 14.9. The third kappa shape index (κ3) is 3.80. The van der Waals surface area contributed by atoms with Gasteiger partial charge in [0.05, 0.1) is 12.7 Å². The van der Waals surface area contributed by atoms with E-state index in [1.54, 1.807) is 6.20 Å². The summed E-state index contributed by atoms with van der Waals surface area (Å²) in [6.07, 6.45) is 2.95. The van der Waals surface area contributed by atoms with Crippen molar-refractivity contribution in [1.82, 2.24) is 14.8 Å². The Balaban J connectivity index is 1.33. The second kappa shape index (κ2) is 7.06. The van der Waals surface area contributed by atoms with Crippen molar-refractivity contribution < 1.29 is 13.9 Å². The molecule has 2 aliphatic heterocycles. The van der Waals surface area contributed by atoms with E-state index >= 15 is 0 Å². The maximum Gasteiger partial charge on any atom is 0.208 e. The van der Waals surface area contributed by atoms with Crippen LogP contribution in [0.15, 0.2) is 28.8 Å². The summed E-state index contributed by atoms with van der Waals surface area (Å²) in [6.45, 7) is 7.07. The number of likely N-dealkylation sites (tertiary alicyclic amines) is 1. The van der Waals surface area contributed by atoms with Crippen LogP contribution in [0.25, 0.3) is 0 Å². The lowest BCUT2D eigenvalue weighted by Crippen LogP contribution is -2.34. The van der Waals surface area contributed by atoms with Crippen molar-refractivity contribution in [3.8, 4) is 11.5 Å². The Hall–Kier alpha value is -2.05. The molecule has 0 radical (unpaired) electrons. The second-order valence-electron chi connectivity index (χ2n) is 6.94. The quantitative estimate of drug-likeness (QED) is 0.831. The molecule has 0 aliphatic carbocycles. The summed E-state index contributed by atoms with van der Waals surface area (Å²) in [7, 11) is 2.15. The summed E-state index contributed by atoms with van der Waals surface area (Å²) in [4.78, 5) is 9.14. The lowest BCUT2D eigenvalue weighted by Gasteiger charge is -2.24. The number of aromatic nitrogens is 1. The highest BCUT2D eigenvalue weighted by Crippen LogP contribution is 2.31. The second-order valence-corrected chi connectivity index (χ2v) is 6.94. The van der Waals surface area contributed by atoms with Crippen LogP contribution in [0.2, 0.25) is 0 Å². The third-order valence-corrected chi connectivity index (χ3v) is 4.94. The van der Waals surface area contributed by atoms with E-state index in [0.29, 0.717) is 19.3 Å². The van der Waals surface area contributed by atoms with Gasteiger partial charge in [0, 0.05) is 25.7 Å². The largest absolute Gasteiger partial charge is 0.486 e. The molecule has 1 aromatic carbocycles. The number of ether oxygens (including phenoxy) is 2. The first kappa shape index (κ1) is 16.4. The van der Waals surface area contributed by atoms with Gasteiger partial charge in [0.25, 0.3) is 0 Å². The van der Waals surface area contributed by atoms with Crippen molar-refractivity contribution >= 4 is 0 Å². The maximum absolute atomic E-state index is 5.69. The minimum absolute atomic E-state index is 0.532. The molecule has 134 valence electrons. The van der Waals surface area contributed by atoms with E-state index < -0.39 is 0 Å². The summed E-state index contributed by atoms with van der Waals surface area (Å²) in [5.41, 5.74) is 1.27. The molecule has 6 heteroatoms. The summed E-state index contributed by atoms with van der Waals surface area (Å²) in [6, 6.07) is 6.81. The predicted octanol–water partition coefficient (Wildman–Crippen LogP) is 2.46. The van der Waals surface area contributed by atoms with Crippen molar-refractivity contribution in [1.29, 1.82) is 0 Å². The summed E-state index contributed by atoms with van der Waals surface area (Å²) in [5, 5.41) is 0. The van der Waals surface area contributed by atoms with Crippen LogP contribution in [0, 0.1) is 6.92 Å². The van der Waals surface area contributed by atoms with Crippen LogP contribution in [-0.2, 0) is 13.1 Å². The zero-order chi connectivity index (χ0) is 17.2. The molecule has 0 saturated carbocycles. The zero-order valence-electron chi connectivity index (χ0n) is 14.9. The number of nitrogens with zero attached hydrogens (tertiary/aromatic N) is 3. The Kier molecular flexibility index (Phi) is 4.63. The smallest absolute Gasteiger partial charge is 0.208 e. The summed E-state index contributed by atoms with van der Waals surface area (Å²) < 4.78 is 16.9. The molecule has 0 amide bonds. The molecular weight excluding hydrogens is 318 g/mol. The van der Waals surface area contributed by atoms with Gasteiger partial charge in [-0.15, -0.1) is 0 Å². The number of oxazole rings is 1. The number of aryl methyl sites for hydroxylation is 1. The average molecular weight is 343 g/mol. The van der Waals surface area contributed by atoms with Crippen molar-refractivity contribution in [2.24, 2.45) is 0 Å². The monoisotopic (exact) mass is 343 g/mol. The predicted molar refractivity (Wildman–Crippen MR) is 93.8 cm³/mol. The number of hydrogen-bond donors (Lipinski definition) is 0. The van der Waals surface area contributed by atoms with Crippen LogP contribution in [-0.4, -0.2) is 54.2 Å². The molecule has 4 rings (SSSR count). The van der Waals surface area contributed by atoms with Gasteiger partial charge >= 0.3 is 0 Å². The Morgan fingerprint density at radius 2 is 2.08 bits per heavy atom. The Morgan fingerprint density at radius 1 is 1.24 bits per heavy atom. The summed E-state index contributed by atoms with van der Waals surface area (Å²) >= 11 is 0. The molecule has 1 aromatic heterocycles. The van der Waals surface area contributed by atoms with Crippen LogP contribution in [0.5, 0.6) is 11.5 Å². The van der Waals surface area contributed by atoms with Gasteiger partial charge in [-0.25, -0.2) is 4.98 Å². The number of hydrogen-bond acceptors (Lipinski definition) is 6. The topological polar surface area (TPSA) is 51.0 Å². The van der Waals surface area contributed by atoms with Gasteiger partial charge < -0.3 is 13.9 Å². The highest BCUT2D eigenvalue weighted by Gasteiger charge is 2.26.